The zero-order valence-electron chi connectivity index (χ0n) is 17.1. The van der Waals surface area contributed by atoms with Crippen LogP contribution in [0.3, 0.4) is 0 Å². The van der Waals surface area contributed by atoms with Gasteiger partial charge in [-0.2, -0.15) is 18.2 Å². The summed E-state index contributed by atoms with van der Waals surface area (Å²) in [7, 11) is -3.24. The molecular weight excluding hydrogens is 421 g/mol. The van der Waals surface area contributed by atoms with Gasteiger partial charge in [-0.3, -0.25) is 0 Å². The van der Waals surface area contributed by atoms with E-state index < -0.39 is 27.6 Å². The van der Waals surface area contributed by atoms with Crippen LogP contribution in [0.25, 0.3) is 0 Å². The molecule has 0 bridgehead atoms. The molecule has 0 unspecified atom stereocenters. The predicted octanol–water partition coefficient (Wildman–Crippen LogP) is 3.82. The number of rotatable bonds is 5. The molecule has 3 rings (SSSR count). The van der Waals surface area contributed by atoms with Crippen molar-refractivity contribution in [3.8, 4) is 5.88 Å². The highest BCUT2D eigenvalue weighted by Crippen LogP contribution is 2.36. The van der Waals surface area contributed by atoms with Crippen molar-refractivity contribution < 1.29 is 26.3 Å². The maximum atomic E-state index is 13.5. The van der Waals surface area contributed by atoms with Crippen LogP contribution in [0.5, 0.6) is 5.88 Å². The number of ether oxygens (including phenoxy) is 1. The van der Waals surface area contributed by atoms with Gasteiger partial charge in [-0.15, -0.1) is 0 Å². The fourth-order valence-corrected chi connectivity index (χ4v) is 4.80. The van der Waals surface area contributed by atoms with Gasteiger partial charge in [0, 0.05) is 25.3 Å². The molecule has 170 valence electrons. The van der Waals surface area contributed by atoms with Crippen molar-refractivity contribution in [3.63, 3.8) is 0 Å². The molecule has 1 N–H and O–H groups in total. The van der Waals surface area contributed by atoms with Gasteiger partial charge in [-0.05, 0) is 38.5 Å². The van der Waals surface area contributed by atoms with Gasteiger partial charge in [0.2, 0.25) is 21.9 Å². The molecule has 0 aromatic carbocycles. The van der Waals surface area contributed by atoms with Crippen molar-refractivity contribution >= 4 is 16.0 Å². The van der Waals surface area contributed by atoms with E-state index in [4.69, 9.17) is 4.74 Å². The van der Waals surface area contributed by atoms with Gasteiger partial charge in [-0.1, -0.05) is 19.3 Å². The lowest BCUT2D eigenvalue weighted by Crippen LogP contribution is -2.42. The predicted molar refractivity (Wildman–Crippen MR) is 107 cm³/mol. The van der Waals surface area contributed by atoms with Crippen molar-refractivity contribution in [3.05, 3.63) is 11.8 Å². The number of hydrogen-bond donors (Lipinski definition) is 1. The summed E-state index contributed by atoms with van der Waals surface area (Å²) in [6.45, 7) is 0.700. The summed E-state index contributed by atoms with van der Waals surface area (Å²) in [6, 6.07) is -0.117. The Balaban J connectivity index is 1.71. The van der Waals surface area contributed by atoms with E-state index in [1.54, 1.807) is 0 Å². The van der Waals surface area contributed by atoms with E-state index in [1.807, 2.05) is 0 Å². The van der Waals surface area contributed by atoms with Crippen LogP contribution in [-0.2, 0) is 16.2 Å². The van der Waals surface area contributed by atoms with Crippen LogP contribution in [0, 0.1) is 0 Å². The number of hydrogen-bond acceptors (Lipinski definition) is 6. The van der Waals surface area contributed by atoms with E-state index >= 15 is 0 Å². The van der Waals surface area contributed by atoms with Crippen molar-refractivity contribution in [1.29, 1.82) is 0 Å². The summed E-state index contributed by atoms with van der Waals surface area (Å²) in [5, 5.41) is 3.04. The molecule has 2 fully saturated rings. The summed E-state index contributed by atoms with van der Waals surface area (Å²) >= 11 is 0. The number of anilines is 1. The number of alkyl halides is 3. The normalized spacial score (nSPS) is 21.1. The lowest BCUT2D eigenvalue weighted by Gasteiger charge is -2.30. The van der Waals surface area contributed by atoms with Crippen molar-refractivity contribution in [2.75, 3.05) is 24.7 Å². The second-order valence-corrected chi connectivity index (χ2v) is 10.1. The Morgan fingerprint density at radius 2 is 1.67 bits per heavy atom. The molecule has 1 aromatic rings. The first-order valence-corrected chi connectivity index (χ1v) is 12.3. The van der Waals surface area contributed by atoms with Gasteiger partial charge in [0.15, 0.2) is 0 Å². The standard InChI is InChI=1S/C19H29F3N4O3S/c1-30(27,28)26-11-9-14(10-12-26)24-18-23-13-16(19(20,21)22)17(25-18)29-15-7-5-3-2-4-6-8-15/h13-15H,2-12H2,1H3,(H,23,24,25). The molecule has 0 spiro atoms. The smallest absolute Gasteiger partial charge is 0.423 e. The van der Waals surface area contributed by atoms with Gasteiger partial charge in [0.05, 0.1) is 6.26 Å². The van der Waals surface area contributed by atoms with E-state index in [9.17, 15) is 21.6 Å². The van der Waals surface area contributed by atoms with Crippen LogP contribution in [0.1, 0.15) is 63.4 Å². The van der Waals surface area contributed by atoms with Crippen LogP contribution >= 0.6 is 0 Å². The monoisotopic (exact) mass is 450 g/mol. The highest BCUT2D eigenvalue weighted by atomic mass is 32.2. The number of halogens is 3. The van der Waals surface area contributed by atoms with Crippen LogP contribution < -0.4 is 10.1 Å². The summed E-state index contributed by atoms with van der Waals surface area (Å²) in [5.41, 5.74) is -0.970. The molecule has 2 heterocycles. The zero-order valence-corrected chi connectivity index (χ0v) is 17.9. The molecule has 0 atom stereocenters. The minimum absolute atomic E-state index is 0.0710. The summed E-state index contributed by atoms with van der Waals surface area (Å²) < 4.78 is 70.7. The number of nitrogens with zero attached hydrogens (tertiary/aromatic N) is 3. The SMILES string of the molecule is CS(=O)(=O)N1CCC(Nc2ncc(C(F)(F)F)c(OC3CCCCCCC3)n2)CC1. The lowest BCUT2D eigenvalue weighted by molar-refractivity contribution is -0.140. The van der Waals surface area contributed by atoms with E-state index in [0.29, 0.717) is 38.8 Å². The molecule has 0 amide bonds. The third kappa shape index (κ3) is 6.44. The number of aromatic nitrogens is 2. The molecule has 1 aliphatic carbocycles. The minimum atomic E-state index is -4.60. The molecule has 2 aliphatic rings. The highest BCUT2D eigenvalue weighted by molar-refractivity contribution is 7.88. The van der Waals surface area contributed by atoms with E-state index in [0.717, 1.165) is 38.3 Å². The second-order valence-electron chi connectivity index (χ2n) is 8.08. The Bertz CT molecular complexity index is 804. The quantitative estimate of drug-likeness (QED) is 0.734. The molecular formula is C19H29F3N4O3S. The van der Waals surface area contributed by atoms with E-state index in [-0.39, 0.29) is 18.1 Å². The first-order valence-electron chi connectivity index (χ1n) is 10.5. The van der Waals surface area contributed by atoms with Gasteiger partial charge in [-0.25, -0.2) is 17.7 Å². The minimum Gasteiger partial charge on any atom is -0.474 e. The van der Waals surface area contributed by atoms with E-state index in [2.05, 4.69) is 15.3 Å². The third-order valence-corrected chi connectivity index (χ3v) is 6.95. The molecule has 1 saturated heterocycles. The average Bonchev–Trinajstić information content (AvgIpc) is 2.63. The van der Waals surface area contributed by atoms with Gasteiger partial charge < -0.3 is 10.1 Å². The topological polar surface area (TPSA) is 84.4 Å². The Hall–Kier alpha value is -1.62. The highest BCUT2D eigenvalue weighted by Gasteiger charge is 2.37. The molecule has 30 heavy (non-hydrogen) atoms. The molecule has 7 nitrogen and oxygen atoms in total. The molecule has 11 heteroatoms. The fraction of sp³-hybridized carbons (Fsp3) is 0.789. The van der Waals surface area contributed by atoms with Crippen LogP contribution in [-0.4, -0.2) is 54.2 Å². The van der Waals surface area contributed by atoms with Crippen molar-refractivity contribution in [2.45, 2.75) is 76.1 Å². The van der Waals surface area contributed by atoms with Gasteiger partial charge in [0.25, 0.3) is 0 Å². The molecule has 0 radical (unpaired) electrons. The Kier molecular flexibility index (Phi) is 7.43. The Morgan fingerprint density at radius 3 is 2.23 bits per heavy atom. The summed E-state index contributed by atoms with van der Waals surface area (Å²) in [6.07, 6.45) is 4.67. The van der Waals surface area contributed by atoms with Crippen molar-refractivity contribution in [1.82, 2.24) is 14.3 Å². The Morgan fingerprint density at radius 1 is 1.07 bits per heavy atom. The molecule has 1 aliphatic heterocycles. The summed E-state index contributed by atoms with van der Waals surface area (Å²) in [5.74, 6) is -0.360. The summed E-state index contributed by atoms with van der Waals surface area (Å²) in [4.78, 5) is 7.89. The lowest BCUT2D eigenvalue weighted by atomic mass is 9.98. The van der Waals surface area contributed by atoms with Gasteiger partial charge in [0.1, 0.15) is 11.7 Å². The Labute approximate surface area is 175 Å². The number of sulfonamides is 1. The first-order chi connectivity index (χ1) is 14.1. The fourth-order valence-electron chi connectivity index (χ4n) is 3.93. The van der Waals surface area contributed by atoms with Crippen LogP contribution in [0.2, 0.25) is 0 Å². The van der Waals surface area contributed by atoms with Crippen molar-refractivity contribution in [2.24, 2.45) is 0 Å². The van der Waals surface area contributed by atoms with Crippen LogP contribution in [0.15, 0.2) is 6.20 Å². The average molecular weight is 451 g/mol. The first kappa shape index (κ1) is 23.1. The number of piperidine rings is 1. The van der Waals surface area contributed by atoms with Gasteiger partial charge >= 0.3 is 6.18 Å². The zero-order chi connectivity index (χ0) is 21.8. The largest absolute Gasteiger partial charge is 0.474 e. The third-order valence-electron chi connectivity index (χ3n) is 5.65. The molecule has 1 saturated carbocycles. The van der Waals surface area contributed by atoms with Crippen LogP contribution in [0.4, 0.5) is 19.1 Å². The van der Waals surface area contributed by atoms with E-state index in [1.165, 1.54) is 10.6 Å². The molecule has 1 aromatic heterocycles. The maximum Gasteiger partial charge on any atom is 0.423 e. The number of nitrogens with one attached hydrogen (secondary N) is 1. The second kappa shape index (κ2) is 9.67. The maximum absolute atomic E-state index is 13.5.